The second kappa shape index (κ2) is 12.8. The molecule has 0 radical (unpaired) electrons. The third-order valence-electron chi connectivity index (χ3n) is 6.23. The maximum absolute atomic E-state index is 6.01. The van der Waals surface area contributed by atoms with Crippen molar-refractivity contribution in [2.45, 2.75) is 17.8 Å². The first-order valence-electron chi connectivity index (χ1n) is 12.2. The van der Waals surface area contributed by atoms with Crippen LogP contribution in [0.1, 0.15) is 17.2 Å². The Labute approximate surface area is 230 Å². The summed E-state index contributed by atoms with van der Waals surface area (Å²) in [6.07, 6.45) is 0. The number of alkyl halides is 2. The Balaban J connectivity index is 0.000000155. The van der Waals surface area contributed by atoms with Gasteiger partial charge >= 0.3 is 0 Å². The molecule has 1 atom stereocenters. The molecule has 0 aromatic heterocycles. The van der Waals surface area contributed by atoms with Crippen LogP contribution < -0.4 is 11.5 Å². The Hall–Kier alpha value is -3.24. The molecule has 5 heteroatoms. The van der Waals surface area contributed by atoms with Crippen molar-refractivity contribution in [1.82, 2.24) is 0 Å². The van der Waals surface area contributed by atoms with E-state index in [0.717, 1.165) is 15.9 Å². The molecule has 1 unspecified atom stereocenters. The number of aryl methyl sites for hydroxylation is 1. The van der Waals surface area contributed by atoms with Crippen LogP contribution in [-0.2, 0) is 0 Å². The molecule has 0 saturated heterocycles. The van der Waals surface area contributed by atoms with Gasteiger partial charge in [0.05, 0.1) is 21.1 Å². The standard InChI is InChI=1S/C11H16Cl2N.C11H11N.C10H9N/c1-14(2,3)10(11(12)13)9-7-5-4-6-8-9;1-8-10-5-3-2-4-9(10)6-7-11(8)12;11-10-6-5-8-3-1-2-4-9(8)7-10/h4-8,10-11H,1-3H3;2-7H,12H2,1H3;1-7H,11H2/q+1;;. The Morgan fingerprint density at radius 1 is 0.622 bits per heavy atom. The highest BCUT2D eigenvalue weighted by Gasteiger charge is 2.31. The van der Waals surface area contributed by atoms with Crippen LogP contribution in [0.25, 0.3) is 21.5 Å². The number of hydrogen-bond donors (Lipinski definition) is 2. The first-order chi connectivity index (χ1) is 17.6. The SMILES string of the molecule is C[N+](C)(C)C(c1ccccc1)C(Cl)Cl.Cc1c(N)ccc2ccccc12.Nc1ccc2ccccc2c1. The lowest BCUT2D eigenvalue weighted by Crippen LogP contribution is -2.41. The molecule has 0 saturated carbocycles. The quantitative estimate of drug-likeness (QED) is 0.139. The molecular formula is C32H36Cl2N3+. The predicted molar refractivity (Wildman–Crippen MR) is 164 cm³/mol. The summed E-state index contributed by atoms with van der Waals surface area (Å²) in [7, 11) is 6.28. The number of rotatable bonds is 3. The Morgan fingerprint density at radius 2 is 1.16 bits per heavy atom. The van der Waals surface area contributed by atoms with Gasteiger partial charge in [-0.1, -0.05) is 114 Å². The summed E-state index contributed by atoms with van der Waals surface area (Å²) in [4.78, 5) is -0.391. The van der Waals surface area contributed by atoms with E-state index < -0.39 is 4.84 Å². The van der Waals surface area contributed by atoms with E-state index >= 15 is 0 Å². The molecule has 3 nitrogen and oxygen atoms in total. The minimum Gasteiger partial charge on any atom is -0.399 e. The van der Waals surface area contributed by atoms with Crippen molar-refractivity contribution >= 4 is 56.1 Å². The molecule has 0 amide bonds. The molecular weight excluding hydrogens is 497 g/mol. The van der Waals surface area contributed by atoms with E-state index in [0.29, 0.717) is 0 Å². The van der Waals surface area contributed by atoms with Crippen molar-refractivity contribution in [2.75, 3.05) is 32.6 Å². The van der Waals surface area contributed by atoms with E-state index in [1.165, 1.54) is 32.7 Å². The maximum atomic E-state index is 6.01. The minimum absolute atomic E-state index is 0.111. The molecule has 5 rings (SSSR count). The zero-order valence-corrected chi connectivity index (χ0v) is 23.4. The highest BCUT2D eigenvalue weighted by molar-refractivity contribution is 6.44. The Morgan fingerprint density at radius 3 is 1.78 bits per heavy atom. The molecule has 0 spiro atoms. The fraction of sp³-hybridized carbons (Fsp3) is 0.188. The van der Waals surface area contributed by atoms with Gasteiger partial charge in [0.15, 0.2) is 4.84 Å². The zero-order chi connectivity index (χ0) is 27.0. The van der Waals surface area contributed by atoms with Crippen LogP contribution in [0.4, 0.5) is 11.4 Å². The number of quaternary nitrogens is 1. The van der Waals surface area contributed by atoms with E-state index in [-0.39, 0.29) is 6.04 Å². The molecule has 0 bridgehead atoms. The van der Waals surface area contributed by atoms with Crippen molar-refractivity contribution in [2.24, 2.45) is 0 Å². The normalized spacial score (nSPS) is 11.9. The summed E-state index contributed by atoms with van der Waals surface area (Å²) in [5, 5.41) is 4.94. The summed E-state index contributed by atoms with van der Waals surface area (Å²) >= 11 is 12.0. The summed E-state index contributed by atoms with van der Waals surface area (Å²) < 4.78 is 0.724. The molecule has 0 aliphatic heterocycles. The molecule has 0 aliphatic rings. The van der Waals surface area contributed by atoms with Crippen LogP contribution >= 0.6 is 23.2 Å². The van der Waals surface area contributed by atoms with Gasteiger partial charge in [-0.05, 0) is 52.2 Å². The number of benzene rings is 5. The largest absolute Gasteiger partial charge is 0.399 e. The van der Waals surface area contributed by atoms with Crippen molar-refractivity contribution in [3.8, 4) is 0 Å². The van der Waals surface area contributed by atoms with Gasteiger partial charge in [0, 0.05) is 16.9 Å². The average molecular weight is 534 g/mol. The van der Waals surface area contributed by atoms with Crippen LogP contribution in [0.2, 0.25) is 0 Å². The van der Waals surface area contributed by atoms with Gasteiger partial charge in [-0.2, -0.15) is 0 Å². The van der Waals surface area contributed by atoms with Gasteiger partial charge in [0.25, 0.3) is 0 Å². The van der Waals surface area contributed by atoms with Crippen LogP contribution in [0, 0.1) is 6.92 Å². The predicted octanol–water partition coefficient (Wildman–Crippen LogP) is 8.39. The summed E-state index contributed by atoms with van der Waals surface area (Å²) in [6.45, 7) is 2.05. The maximum Gasteiger partial charge on any atom is 0.163 e. The molecule has 5 aromatic carbocycles. The topological polar surface area (TPSA) is 52.0 Å². The van der Waals surface area contributed by atoms with E-state index in [1.807, 2.05) is 66.7 Å². The fourth-order valence-corrected chi connectivity index (χ4v) is 5.20. The highest BCUT2D eigenvalue weighted by Crippen LogP contribution is 2.32. The number of nitrogen functional groups attached to an aromatic ring is 2. The number of halogens is 2. The van der Waals surface area contributed by atoms with E-state index in [1.54, 1.807) is 0 Å². The summed E-state index contributed by atoms with van der Waals surface area (Å²) in [6, 6.07) is 36.6. The number of fused-ring (bicyclic) bond motifs is 2. The van der Waals surface area contributed by atoms with Gasteiger partial charge in [-0.15, -0.1) is 0 Å². The number of hydrogen-bond acceptors (Lipinski definition) is 2. The van der Waals surface area contributed by atoms with Crippen molar-refractivity contribution < 1.29 is 4.48 Å². The smallest absolute Gasteiger partial charge is 0.163 e. The molecule has 37 heavy (non-hydrogen) atoms. The van der Waals surface area contributed by atoms with Crippen molar-refractivity contribution in [3.05, 3.63) is 120 Å². The molecule has 4 N–H and O–H groups in total. The average Bonchev–Trinajstić information content (AvgIpc) is 2.87. The summed E-state index contributed by atoms with van der Waals surface area (Å²) in [5.74, 6) is 0. The van der Waals surface area contributed by atoms with Gasteiger partial charge in [0.1, 0.15) is 6.04 Å². The Kier molecular flexibility index (Phi) is 9.82. The third kappa shape index (κ3) is 7.87. The van der Waals surface area contributed by atoms with E-state index in [9.17, 15) is 0 Å². The molecule has 5 aromatic rings. The number of nitrogens with two attached hydrogens (primary N) is 2. The summed E-state index contributed by atoms with van der Waals surface area (Å²) in [5.41, 5.74) is 15.5. The molecule has 0 fully saturated rings. The second-order valence-corrected chi connectivity index (χ2v) is 11.1. The lowest BCUT2D eigenvalue weighted by atomic mass is 10.0. The van der Waals surface area contributed by atoms with Crippen molar-refractivity contribution in [1.29, 1.82) is 0 Å². The van der Waals surface area contributed by atoms with Crippen LogP contribution in [0.3, 0.4) is 0 Å². The van der Waals surface area contributed by atoms with Gasteiger partial charge in [-0.3, -0.25) is 0 Å². The lowest BCUT2D eigenvalue weighted by Gasteiger charge is -2.35. The third-order valence-corrected chi connectivity index (χ3v) is 6.71. The first kappa shape index (κ1) is 28.3. The first-order valence-corrected chi connectivity index (χ1v) is 13.1. The van der Waals surface area contributed by atoms with E-state index in [4.69, 9.17) is 34.7 Å². The highest BCUT2D eigenvalue weighted by atomic mass is 35.5. The van der Waals surface area contributed by atoms with Gasteiger partial charge in [0.2, 0.25) is 0 Å². The second-order valence-electron chi connectivity index (χ2n) is 9.91. The molecule has 192 valence electrons. The minimum atomic E-state index is -0.391. The number of anilines is 2. The van der Waals surface area contributed by atoms with Gasteiger partial charge in [-0.25, -0.2) is 0 Å². The molecule has 0 aliphatic carbocycles. The Bertz CT molecular complexity index is 1430. The fourth-order valence-electron chi connectivity index (χ4n) is 4.23. The number of nitrogens with zero attached hydrogens (tertiary/aromatic N) is 1. The van der Waals surface area contributed by atoms with Crippen LogP contribution in [0.5, 0.6) is 0 Å². The van der Waals surface area contributed by atoms with Crippen LogP contribution in [-0.4, -0.2) is 30.5 Å². The van der Waals surface area contributed by atoms with Crippen LogP contribution in [0.15, 0.2) is 109 Å². The van der Waals surface area contributed by atoms with Gasteiger partial charge < -0.3 is 16.0 Å². The van der Waals surface area contributed by atoms with Crippen molar-refractivity contribution in [3.63, 3.8) is 0 Å². The zero-order valence-electron chi connectivity index (χ0n) is 21.9. The lowest BCUT2D eigenvalue weighted by molar-refractivity contribution is -0.900. The monoisotopic (exact) mass is 532 g/mol. The molecule has 0 heterocycles. The van der Waals surface area contributed by atoms with E-state index in [2.05, 4.69) is 70.5 Å².